The van der Waals surface area contributed by atoms with Crippen molar-refractivity contribution < 1.29 is 23.9 Å². The number of esters is 1. The Bertz CT molecular complexity index is 941. The summed E-state index contributed by atoms with van der Waals surface area (Å²) in [7, 11) is 0. The number of benzene rings is 2. The second-order valence-electron chi connectivity index (χ2n) is 5.81. The van der Waals surface area contributed by atoms with Crippen LogP contribution in [0.15, 0.2) is 47.4 Å². The molecule has 0 saturated heterocycles. The van der Waals surface area contributed by atoms with Crippen molar-refractivity contribution in [1.82, 2.24) is 0 Å². The van der Waals surface area contributed by atoms with Crippen LogP contribution in [-0.2, 0) is 14.3 Å². The lowest BCUT2D eigenvalue weighted by Crippen LogP contribution is -2.22. The molecule has 0 unspecified atom stereocenters. The summed E-state index contributed by atoms with van der Waals surface area (Å²) in [6.45, 7) is 0.962. The number of anilines is 2. The number of thioether (sulfide) groups is 1. The third-order valence-electron chi connectivity index (χ3n) is 3.74. The number of ether oxygens (including phenoxy) is 1. The Morgan fingerprint density at radius 1 is 1.15 bits per heavy atom. The normalized spacial score (nSPS) is 12.6. The number of carbonyl (C=O) groups is 4. The van der Waals surface area contributed by atoms with Gasteiger partial charge in [-0.25, -0.2) is 4.79 Å². The molecule has 2 aromatic rings. The van der Waals surface area contributed by atoms with Crippen LogP contribution < -0.4 is 10.6 Å². The van der Waals surface area contributed by atoms with Gasteiger partial charge in [-0.15, -0.1) is 11.8 Å². The van der Waals surface area contributed by atoms with Crippen molar-refractivity contribution in [1.29, 1.82) is 0 Å². The average molecular weight is 384 g/mol. The molecule has 8 heteroatoms. The van der Waals surface area contributed by atoms with Crippen molar-refractivity contribution in [2.75, 3.05) is 23.0 Å². The minimum absolute atomic E-state index is 0.116. The molecular weight excluding hydrogens is 368 g/mol. The van der Waals surface area contributed by atoms with Gasteiger partial charge in [0, 0.05) is 16.1 Å². The third-order valence-corrected chi connectivity index (χ3v) is 4.81. The van der Waals surface area contributed by atoms with E-state index < -0.39 is 18.5 Å². The van der Waals surface area contributed by atoms with Gasteiger partial charge in [-0.3, -0.25) is 14.4 Å². The number of hydrogen-bond acceptors (Lipinski definition) is 6. The smallest absolute Gasteiger partial charge is 0.338 e. The van der Waals surface area contributed by atoms with E-state index in [9.17, 15) is 19.2 Å². The molecule has 0 fully saturated rings. The molecule has 2 N–H and O–H groups in total. The number of carbonyl (C=O) groups excluding carboxylic acids is 4. The van der Waals surface area contributed by atoms with Crippen LogP contribution in [0.4, 0.5) is 11.4 Å². The van der Waals surface area contributed by atoms with Gasteiger partial charge in [-0.2, -0.15) is 0 Å². The van der Waals surface area contributed by atoms with Gasteiger partial charge in [0.1, 0.15) is 0 Å². The first kappa shape index (κ1) is 18.7. The maximum atomic E-state index is 12.1. The minimum Gasteiger partial charge on any atom is -0.452 e. The maximum Gasteiger partial charge on any atom is 0.338 e. The number of Topliss-reactive ketones (excluding diaryl/α,β-unsaturated/α-hetero) is 1. The molecule has 0 spiro atoms. The fraction of sp³-hybridized carbons (Fsp3) is 0.158. The molecule has 2 aromatic carbocycles. The van der Waals surface area contributed by atoms with Crippen LogP contribution in [0.5, 0.6) is 0 Å². The van der Waals surface area contributed by atoms with E-state index in [1.165, 1.54) is 24.8 Å². The Labute approximate surface area is 159 Å². The van der Waals surface area contributed by atoms with E-state index in [4.69, 9.17) is 4.74 Å². The first-order valence-electron chi connectivity index (χ1n) is 8.07. The van der Waals surface area contributed by atoms with E-state index in [-0.39, 0.29) is 17.3 Å². The van der Waals surface area contributed by atoms with Gasteiger partial charge in [0.25, 0.3) is 5.91 Å². The zero-order valence-electron chi connectivity index (χ0n) is 14.4. The van der Waals surface area contributed by atoms with Gasteiger partial charge in [0.2, 0.25) is 5.91 Å². The molecule has 1 heterocycles. The fourth-order valence-corrected chi connectivity index (χ4v) is 3.23. The molecule has 0 aromatic heterocycles. The second-order valence-corrected chi connectivity index (χ2v) is 6.83. The number of amides is 2. The highest BCUT2D eigenvalue weighted by molar-refractivity contribution is 8.00. The van der Waals surface area contributed by atoms with E-state index in [0.29, 0.717) is 22.7 Å². The Balaban J connectivity index is 1.58. The molecule has 1 aliphatic heterocycles. The highest BCUT2D eigenvalue weighted by Crippen LogP contribution is 2.32. The molecule has 0 atom stereocenters. The topological polar surface area (TPSA) is 102 Å². The Morgan fingerprint density at radius 2 is 1.96 bits per heavy atom. The SMILES string of the molecule is CC(=O)c1cccc(NC(=O)COC(=O)c2ccc3c(c2)NC(=O)CS3)c1. The Morgan fingerprint density at radius 3 is 2.74 bits per heavy atom. The van der Waals surface area contributed by atoms with E-state index in [0.717, 1.165) is 4.90 Å². The van der Waals surface area contributed by atoms with Gasteiger partial charge >= 0.3 is 5.97 Å². The number of nitrogens with one attached hydrogen (secondary N) is 2. The largest absolute Gasteiger partial charge is 0.452 e. The van der Waals surface area contributed by atoms with E-state index in [1.807, 2.05) is 0 Å². The highest BCUT2D eigenvalue weighted by Gasteiger charge is 2.18. The van der Waals surface area contributed by atoms with E-state index in [2.05, 4.69) is 10.6 Å². The summed E-state index contributed by atoms with van der Waals surface area (Å²) < 4.78 is 5.02. The number of fused-ring (bicyclic) bond motifs is 1. The van der Waals surface area contributed by atoms with Crippen LogP contribution in [0.2, 0.25) is 0 Å². The van der Waals surface area contributed by atoms with Crippen LogP contribution in [0.25, 0.3) is 0 Å². The van der Waals surface area contributed by atoms with Crippen LogP contribution in [0.1, 0.15) is 27.6 Å². The number of hydrogen-bond donors (Lipinski definition) is 2. The van der Waals surface area contributed by atoms with Crippen molar-refractivity contribution in [3.8, 4) is 0 Å². The molecule has 0 aliphatic carbocycles. The van der Waals surface area contributed by atoms with Crippen LogP contribution in [0, 0.1) is 0 Å². The molecule has 2 amide bonds. The van der Waals surface area contributed by atoms with Crippen molar-refractivity contribution in [3.63, 3.8) is 0 Å². The molecule has 138 valence electrons. The van der Waals surface area contributed by atoms with Gasteiger partial charge in [-0.1, -0.05) is 12.1 Å². The minimum atomic E-state index is -0.671. The van der Waals surface area contributed by atoms with Crippen molar-refractivity contribution >= 4 is 46.7 Å². The van der Waals surface area contributed by atoms with Crippen molar-refractivity contribution in [3.05, 3.63) is 53.6 Å². The average Bonchev–Trinajstić information content (AvgIpc) is 2.65. The van der Waals surface area contributed by atoms with Crippen LogP contribution >= 0.6 is 11.8 Å². The maximum absolute atomic E-state index is 12.1. The number of ketones is 1. The summed E-state index contributed by atoms with van der Waals surface area (Å²) in [6, 6.07) is 11.3. The summed E-state index contributed by atoms with van der Waals surface area (Å²) in [5.74, 6) is -1.11. The fourth-order valence-electron chi connectivity index (χ4n) is 2.44. The van der Waals surface area contributed by atoms with Gasteiger partial charge < -0.3 is 15.4 Å². The van der Waals surface area contributed by atoms with Crippen molar-refractivity contribution in [2.24, 2.45) is 0 Å². The van der Waals surface area contributed by atoms with E-state index >= 15 is 0 Å². The first-order chi connectivity index (χ1) is 12.9. The lowest BCUT2D eigenvalue weighted by atomic mass is 10.1. The molecule has 3 rings (SSSR count). The lowest BCUT2D eigenvalue weighted by Gasteiger charge is -2.16. The summed E-state index contributed by atoms with van der Waals surface area (Å²) in [5.41, 5.74) is 1.70. The molecule has 0 saturated carbocycles. The third kappa shape index (κ3) is 4.73. The summed E-state index contributed by atoms with van der Waals surface area (Å²) >= 11 is 1.39. The number of rotatable bonds is 5. The molecule has 1 aliphatic rings. The predicted octanol–water partition coefficient (Wildman–Crippen LogP) is 2.73. The zero-order valence-corrected chi connectivity index (χ0v) is 15.2. The zero-order chi connectivity index (χ0) is 19.4. The second kappa shape index (κ2) is 8.05. The van der Waals surface area contributed by atoms with Gasteiger partial charge in [-0.05, 0) is 37.3 Å². The molecule has 27 heavy (non-hydrogen) atoms. The summed E-state index contributed by atoms with van der Waals surface area (Å²) in [6.07, 6.45) is 0. The van der Waals surface area contributed by atoms with Gasteiger partial charge in [0.05, 0.1) is 17.0 Å². The standard InChI is InChI=1S/C19H16N2O5S/c1-11(22)12-3-2-4-14(7-12)20-17(23)9-26-19(25)13-5-6-16-15(8-13)21-18(24)10-27-16/h2-8H,9-10H2,1H3,(H,20,23)(H,21,24). The van der Waals surface area contributed by atoms with Crippen molar-refractivity contribution in [2.45, 2.75) is 11.8 Å². The molecule has 0 radical (unpaired) electrons. The van der Waals surface area contributed by atoms with Crippen LogP contribution in [-0.4, -0.2) is 35.9 Å². The molecule has 0 bridgehead atoms. The first-order valence-corrected chi connectivity index (χ1v) is 9.05. The van der Waals surface area contributed by atoms with E-state index in [1.54, 1.807) is 36.4 Å². The predicted molar refractivity (Wildman–Crippen MR) is 101 cm³/mol. The Kier molecular flexibility index (Phi) is 5.56. The summed E-state index contributed by atoms with van der Waals surface area (Å²) in [4.78, 5) is 47.8. The Hall–Kier alpha value is -3.13. The molecular formula is C19H16N2O5S. The monoisotopic (exact) mass is 384 g/mol. The lowest BCUT2D eigenvalue weighted by molar-refractivity contribution is -0.119. The summed E-state index contributed by atoms with van der Waals surface area (Å²) in [5, 5.41) is 5.26. The molecule has 7 nitrogen and oxygen atoms in total. The highest BCUT2D eigenvalue weighted by atomic mass is 32.2. The quantitative estimate of drug-likeness (QED) is 0.607. The van der Waals surface area contributed by atoms with Gasteiger partial charge in [0.15, 0.2) is 12.4 Å². The van der Waals surface area contributed by atoms with Crippen LogP contribution in [0.3, 0.4) is 0 Å².